The summed E-state index contributed by atoms with van der Waals surface area (Å²) in [4.78, 5) is 0. The second-order valence-corrected chi connectivity index (χ2v) is 4.38. The van der Waals surface area contributed by atoms with E-state index in [2.05, 4.69) is 6.07 Å². The molecule has 2 N–H and O–H groups in total. The lowest BCUT2D eigenvalue weighted by Gasteiger charge is -2.34. The normalized spacial score (nSPS) is 23.6. The molecule has 88 valence electrons. The van der Waals surface area contributed by atoms with Gasteiger partial charge in [-0.1, -0.05) is 18.2 Å². The Kier molecular flexibility index (Phi) is 3.46. The van der Waals surface area contributed by atoms with Gasteiger partial charge in [0.2, 0.25) is 0 Å². The van der Waals surface area contributed by atoms with Crippen molar-refractivity contribution >= 4 is 0 Å². The lowest BCUT2D eigenvalue weighted by molar-refractivity contribution is 0.101. The standard InChI is InChI=1S/C13H19NO2/c1-2-15-8-7-13(14)9-11-5-3-4-6-12(11)16-10-13/h3-6H,2,7-10,14H2,1H3. The highest BCUT2D eigenvalue weighted by atomic mass is 16.5. The Morgan fingerprint density at radius 2 is 2.25 bits per heavy atom. The molecule has 0 aliphatic carbocycles. The largest absolute Gasteiger partial charge is 0.491 e. The molecule has 0 aromatic heterocycles. The van der Waals surface area contributed by atoms with Crippen LogP contribution >= 0.6 is 0 Å². The predicted molar refractivity (Wildman–Crippen MR) is 63.7 cm³/mol. The van der Waals surface area contributed by atoms with Crippen LogP contribution in [0.25, 0.3) is 0 Å². The molecule has 1 aliphatic rings. The molecule has 1 aromatic rings. The number of rotatable bonds is 4. The molecule has 1 aromatic carbocycles. The van der Waals surface area contributed by atoms with E-state index in [-0.39, 0.29) is 5.54 Å². The summed E-state index contributed by atoms with van der Waals surface area (Å²) in [5.41, 5.74) is 7.24. The van der Waals surface area contributed by atoms with E-state index in [9.17, 15) is 0 Å². The summed E-state index contributed by atoms with van der Waals surface area (Å²) in [6.07, 6.45) is 1.71. The SMILES string of the molecule is CCOCCC1(N)COc2ccccc2C1. The summed E-state index contributed by atoms with van der Waals surface area (Å²) in [7, 11) is 0. The molecule has 0 radical (unpaired) electrons. The first-order valence-electron chi connectivity index (χ1n) is 5.81. The van der Waals surface area contributed by atoms with Crippen LogP contribution in [0.1, 0.15) is 18.9 Å². The lowest BCUT2D eigenvalue weighted by atomic mass is 9.87. The molecule has 2 rings (SSSR count). The third-order valence-corrected chi connectivity index (χ3v) is 2.98. The van der Waals surface area contributed by atoms with Crippen molar-refractivity contribution in [3.8, 4) is 5.75 Å². The van der Waals surface area contributed by atoms with Crippen molar-refractivity contribution in [2.75, 3.05) is 19.8 Å². The number of hydrogen-bond donors (Lipinski definition) is 1. The van der Waals surface area contributed by atoms with Gasteiger partial charge in [-0.25, -0.2) is 0 Å². The Bertz CT molecular complexity index is 354. The molecule has 0 fully saturated rings. The van der Waals surface area contributed by atoms with Gasteiger partial charge in [-0.2, -0.15) is 0 Å². The predicted octanol–water partition coefficient (Wildman–Crippen LogP) is 1.75. The van der Waals surface area contributed by atoms with Gasteiger partial charge in [0, 0.05) is 13.2 Å². The zero-order valence-corrected chi connectivity index (χ0v) is 9.74. The van der Waals surface area contributed by atoms with Gasteiger partial charge in [0.25, 0.3) is 0 Å². The van der Waals surface area contributed by atoms with E-state index < -0.39 is 0 Å². The highest BCUT2D eigenvalue weighted by molar-refractivity contribution is 5.36. The van der Waals surface area contributed by atoms with Crippen molar-refractivity contribution < 1.29 is 9.47 Å². The quantitative estimate of drug-likeness (QED) is 0.788. The molecule has 0 saturated carbocycles. The molecule has 0 saturated heterocycles. The molecular weight excluding hydrogens is 202 g/mol. The van der Waals surface area contributed by atoms with Crippen molar-refractivity contribution in [2.24, 2.45) is 5.73 Å². The van der Waals surface area contributed by atoms with E-state index >= 15 is 0 Å². The van der Waals surface area contributed by atoms with Crippen LogP contribution in [0.5, 0.6) is 5.75 Å². The van der Waals surface area contributed by atoms with Gasteiger partial charge < -0.3 is 15.2 Å². The second-order valence-electron chi connectivity index (χ2n) is 4.38. The van der Waals surface area contributed by atoms with Gasteiger partial charge in [0.05, 0.1) is 5.54 Å². The number of nitrogens with two attached hydrogens (primary N) is 1. The minimum Gasteiger partial charge on any atom is -0.491 e. The summed E-state index contributed by atoms with van der Waals surface area (Å²) in [6, 6.07) is 8.09. The van der Waals surface area contributed by atoms with Gasteiger partial charge in [-0.05, 0) is 31.4 Å². The summed E-state index contributed by atoms with van der Waals surface area (Å²) >= 11 is 0. The Labute approximate surface area is 96.5 Å². The number of hydrogen-bond acceptors (Lipinski definition) is 3. The Balaban J connectivity index is 2.00. The summed E-state index contributed by atoms with van der Waals surface area (Å²) in [5, 5.41) is 0. The highest BCUT2D eigenvalue weighted by Gasteiger charge is 2.31. The van der Waals surface area contributed by atoms with E-state index in [4.69, 9.17) is 15.2 Å². The van der Waals surface area contributed by atoms with Gasteiger partial charge >= 0.3 is 0 Å². The molecule has 0 amide bonds. The fraction of sp³-hybridized carbons (Fsp3) is 0.538. The van der Waals surface area contributed by atoms with Crippen molar-refractivity contribution in [3.63, 3.8) is 0 Å². The molecule has 3 nitrogen and oxygen atoms in total. The minimum absolute atomic E-state index is 0.274. The van der Waals surface area contributed by atoms with Crippen LogP contribution in [0.2, 0.25) is 0 Å². The van der Waals surface area contributed by atoms with Crippen LogP contribution in [0, 0.1) is 0 Å². The van der Waals surface area contributed by atoms with Crippen LogP contribution in [0.3, 0.4) is 0 Å². The summed E-state index contributed by atoms with van der Waals surface area (Å²) in [5.74, 6) is 0.972. The Morgan fingerprint density at radius 1 is 1.44 bits per heavy atom. The van der Waals surface area contributed by atoms with Gasteiger partial charge in [-0.15, -0.1) is 0 Å². The van der Waals surface area contributed by atoms with Crippen molar-refractivity contribution in [1.29, 1.82) is 0 Å². The van der Waals surface area contributed by atoms with E-state index in [0.717, 1.165) is 25.2 Å². The first-order chi connectivity index (χ1) is 7.73. The van der Waals surface area contributed by atoms with E-state index in [1.165, 1.54) is 5.56 Å². The van der Waals surface area contributed by atoms with Crippen molar-refractivity contribution in [3.05, 3.63) is 29.8 Å². The molecule has 16 heavy (non-hydrogen) atoms. The molecule has 0 spiro atoms. The molecule has 1 atom stereocenters. The summed E-state index contributed by atoms with van der Waals surface area (Å²) in [6.45, 7) is 4.03. The number of fused-ring (bicyclic) bond motifs is 1. The topological polar surface area (TPSA) is 44.5 Å². The summed E-state index contributed by atoms with van der Waals surface area (Å²) < 4.78 is 11.0. The third kappa shape index (κ3) is 2.54. The lowest BCUT2D eigenvalue weighted by Crippen LogP contribution is -2.50. The third-order valence-electron chi connectivity index (χ3n) is 2.98. The van der Waals surface area contributed by atoms with Gasteiger partial charge in [-0.3, -0.25) is 0 Å². The molecule has 1 aliphatic heterocycles. The monoisotopic (exact) mass is 221 g/mol. The molecule has 0 bridgehead atoms. The smallest absolute Gasteiger partial charge is 0.122 e. The van der Waals surface area contributed by atoms with Crippen molar-refractivity contribution in [2.45, 2.75) is 25.3 Å². The van der Waals surface area contributed by atoms with Crippen LogP contribution in [-0.2, 0) is 11.2 Å². The van der Waals surface area contributed by atoms with E-state index in [0.29, 0.717) is 13.2 Å². The zero-order chi connectivity index (χ0) is 11.4. The molecule has 1 unspecified atom stereocenters. The first kappa shape index (κ1) is 11.4. The Morgan fingerprint density at radius 3 is 3.06 bits per heavy atom. The number of benzene rings is 1. The highest BCUT2D eigenvalue weighted by Crippen LogP contribution is 2.29. The fourth-order valence-corrected chi connectivity index (χ4v) is 2.02. The second kappa shape index (κ2) is 4.85. The maximum absolute atomic E-state index is 6.31. The van der Waals surface area contributed by atoms with E-state index in [1.54, 1.807) is 0 Å². The van der Waals surface area contributed by atoms with Crippen LogP contribution < -0.4 is 10.5 Å². The fourth-order valence-electron chi connectivity index (χ4n) is 2.02. The van der Waals surface area contributed by atoms with Gasteiger partial charge in [0.1, 0.15) is 12.4 Å². The zero-order valence-electron chi connectivity index (χ0n) is 9.74. The minimum atomic E-state index is -0.274. The van der Waals surface area contributed by atoms with Gasteiger partial charge in [0.15, 0.2) is 0 Å². The Hall–Kier alpha value is -1.06. The van der Waals surface area contributed by atoms with Crippen LogP contribution in [0.4, 0.5) is 0 Å². The molecule has 3 heteroatoms. The average molecular weight is 221 g/mol. The first-order valence-corrected chi connectivity index (χ1v) is 5.81. The maximum atomic E-state index is 6.31. The average Bonchev–Trinajstić information content (AvgIpc) is 2.29. The number of para-hydroxylation sites is 1. The molecular formula is C13H19NO2. The van der Waals surface area contributed by atoms with E-state index in [1.807, 2.05) is 25.1 Å². The number of ether oxygens (including phenoxy) is 2. The van der Waals surface area contributed by atoms with Crippen molar-refractivity contribution in [1.82, 2.24) is 0 Å². The van der Waals surface area contributed by atoms with Crippen LogP contribution in [-0.4, -0.2) is 25.4 Å². The molecule has 1 heterocycles. The van der Waals surface area contributed by atoms with Crippen LogP contribution in [0.15, 0.2) is 24.3 Å². The maximum Gasteiger partial charge on any atom is 0.122 e.